The molecule has 0 atom stereocenters. The predicted molar refractivity (Wildman–Crippen MR) is 87.4 cm³/mol. The Labute approximate surface area is 133 Å². The molecule has 0 spiro atoms. The highest BCUT2D eigenvalue weighted by molar-refractivity contribution is 6.00. The third-order valence-electron chi connectivity index (χ3n) is 3.32. The number of fused-ring (bicyclic) bond motifs is 1. The van der Waals surface area contributed by atoms with Crippen LogP contribution in [-0.2, 0) is 16.1 Å². The number of H-pyrrole nitrogens is 1. The summed E-state index contributed by atoms with van der Waals surface area (Å²) in [6.45, 7) is 0.466. The number of amides is 1. The molecule has 0 saturated heterocycles. The molecule has 1 heterocycles. The Morgan fingerprint density at radius 3 is 2.83 bits per heavy atom. The predicted octanol–water partition coefficient (Wildman–Crippen LogP) is 2.73. The Hall–Kier alpha value is -2.86. The van der Waals surface area contributed by atoms with Gasteiger partial charge in [-0.2, -0.15) is 5.10 Å². The third kappa shape index (κ3) is 3.67. The van der Waals surface area contributed by atoms with Gasteiger partial charge in [-0.1, -0.05) is 30.3 Å². The Balaban J connectivity index is 1.76. The van der Waals surface area contributed by atoms with Crippen LogP contribution in [0.15, 0.2) is 48.5 Å². The minimum absolute atomic E-state index is 0.0153. The van der Waals surface area contributed by atoms with Gasteiger partial charge in [0.15, 0.2) is 5.82 Å². The first kappa shape index (κ1) is 15.1. The van der Waals surface area contributed by atoms with E-state index in [4.69, 9.17) is 9.47 Å². The zero-order valence-corrected chi connectivity index (χ0v) is 12.7. The van der Waals surface area contributed by atoms with Gasteiger partial charge < -0.3 is 14.8 Å². The molecule has 0 radical (unpaired) electrons. The number of aromatic amines is 1. The summed E-state index contributed by atoms with van der Waals surface area (Å²) in [6.07, 6.45) is 0. The number of methoxy groups -OCH3 is 1. The molecule has 0 unspecified atom stereocenters. The summed E-state index contributed by atoms with van der Waals surface area (Å²) in [4.78, 5) is 11.6. The number of aromatic nitrogens is 2. The number of rotatable bonds is 6. The topological polar surface area (TPSA) is 76.2 Å². The summed E-state index contributed by atoms with van der Waals surface area (Å²) in [6, 6.07) is 15.5. The lowest BCUT2D eigenvalue weighted by Gasteiger charge is -2.07. The number of carbonyl (C=O) groups excluding carboxylic acids is 1. The van der Waals surface area contributed by atoms with Crippen LogP contribution in [0, 0.1) is 0 Å². The van der Waals surface area contributed by atoms with Crippen molar-refractivity contribution in [3.63, 3.8) is 0 Å². The molecule has 3 rings (SSSR count). The summed E-state index contributed by atoms with van der Waals surface area (Å²) >= 11 is 0. The number of benzene rings is 2. The molecule has 0 aliphatic heterocycles. The minimum atomic E-state index is -0.253. The summed E-state index contributed by atoms with van der Waals surface area (Å²) < 4.78 is 10.6. The second-order valence-corrected chi connectivity index (χ2v) is 5.04. The first-order valence-corrected chi connectivity index (χ1v) is 7.20. The number of nitrogens with zero attached hydrogens (tertiary/aromatic N) is 1. The average molecular weight is 311 g/mol. The lowest BCUT2D eigenvalue weighted by atomic mass is 10.2. The Morgan fingerprint density at radius 1 is 1.22 bits per heavy atom. The van der Waals surface area contributed by atoms with Crippen LogP contribution in [0.4, 0.5) is 5.82 Å². The molecule has 0 fully saturated rings. The summed E-state index contributed by atoms with van der Waals surface area (Å²) in [7, 11) is 1.47. The van der Waals surface area contributed by atoms with Crippen LogP contribution < -0.4 is 10.1 Å². The van der Waals surface area contributed by atoms with E-state index in [1.165, 1.54) is 7.11 Å². The molecule has 1 aromatic heterocycles. The van der Waals surface area contributed by atoms with Gasteiger partial charge in [0.2, 0.25) is 0 Å². The van der Waals surface area contributed by atoms with E-state index >= 15 is 0 Å². The van der Waals surface area contributed by atoms with Gasteiger partial charge in [0.25, 0.3) is 5.91 Å². The fourth-order valence-corrected chi connectivity index (χ4v) is 2.22. The molecule has 0 saturated carbocycles. The van der Waals surface area contributed by atoms with Crippen molar-refractivity contribution in [1.29, 1.82) is 0 Å². The molecule has 118 valence electrons. The van der Waals surface area contributed by atoms with Crippen molar-refractivity contribution in [3.05, 3.63) is 54.1 Å². The van der Waals surface area contributed by atoms with Crippen molar-refractivity contribution in [2.45, 2.75) is 6.61 Å². The van der Waals surface area contributed by atoms with Gasteiger partial charge >= 0.3 is 0 Å². The van der Waals surface area contributed by atoms with Crippen LogP contribution in [0.1, 0.15) is 5.56 Å². The van der Waals surface area contributed by atoms with Crippen LogP contribution >= 0.6 is 0 Å². The number of hydrogen-bond acceptors (Lipinski definition) is 4. The monoisotopic (exact) mass is 311 g/mol. The number of ether oxygens (including phenoxy) is 2. The smallest absolute Gasteiger partial charge is 0.251 e. The van der Waals surface area contributed by atoms with Crippen molar-refractivity contribution >= 4 is 22.6 Å². The Kier molecular flexibility index (Phi) is 4.54. The van der Waals surface area contributed by atoms with Crippen LogP contribution in [0.5, 0.6) is 5.75 Å². The SMILES string of the molecule is COCC(=O)Nc1n[nH]c2ccc(OCc3ccccc3)cc12. The first-order chi connectivity index (χ1) is 11.3. The van der Waals surface area contributed by atoms with Gasteiger partial charge in [0, 0.05) is 12.5 Å². The fraction of sp³-hybridized carbons (Fsp3) is 0.176. The van der Waals surface area contributed by atoms with Gasteiger partial charge in [-0.05, 0) is 23.8 Å². The molecule has 0 aliphatic rings. The maximum absolute atomic E-state index is 11.6. The highest BCUT2D eigenvalue weighted by Crippen LogP contribution is 2.25. The van der Waals surface area contributed by atoms with E-state index in [-0.39, 0.29) is 12.5 Å². The van der Waals surface area contributed by atoms with Crippen molar-refractivity contribution < 1.29 is 14.3 Å². The lowest BCUT2D eigenvalue weighted by molar-refractivity contribution is -0.119. The van der Waals surface area contributed by atoms with Crippen LogP contribution in [0.2, 0.25) is 0 Å². The zero-order chi connectivity index (χ0) is 16.1. The largest absolute Gasteiger partial charge is 0.489 e. The first-order valence-electron chi connectivity index (χ1n) is 7.20. The van der Waals surface area contributed by atoms with Gasteiger partial charge in [-0.25, -0.2) is 0 Å². The highest BCUT2D eigenvalue weighted by Gasteiger charge is 2.10. The molecule has 0 bridgehead atoms. The van der Waals surface area contributed by atoms with Crippen molar-refractivity contribution in [2.75, 3.05) is 19.0 Å². The molecule has 2 aromatic carbocycles. The maximum Gasteiger partial charge on any atom is 0.251 e. The molecule has 3 aromatic rings. The highest BCUT2D eigenvalue weighted by atomic mass is 16.5. The van der Waals surface area contributed by atoms with Gasteiger partial charge in [-0.3, -0.25) is 9.89 Å². The summed E-state index contributed by atoms with van der Waals surface area (Å²) in [5.41, 5.74) is 1.91. The molecule has 0 aliphatic carbocycles. The number of nitrogens with one attached hydrogen (secondary N) is 2. The van der Waals surface area contributed by atoms with E-state index in [2.05, 4.69) is 15.5 Å². The number of hydrogen-bond donors (Lipinski definition) is 2. The quantitative estimate of drug-likeness (QED) is 0.734. The van der Waals surface area contributed by atoms with Crippen LogP contribution in [0.3, 0.4) is 0 Å². The summed E-state index contributed by atoms with van der Waals surface area (Å²) in [5, 5.41) is 10.5. The van der Waals surface area contributed by atoms with Gasteiger partial charge in [0.05, 0.1) is 5.52 Å². The van der Waals surface area contributed by atoms with Crippen LogP contribution in [0.25, 0.3) is 10.9 Å². The van der Waals surface area contributed by atoms with E-state index < -0.39 is 0 Å². The second kappa shape index (κ2) is 6.93. The van der Waals surface area contributed by atoms with Gasteiger partial charge in [0.1, 0.15) is 19.0 Å². The average Bonchev–Trinajstić information content (AvgIpc) is 2.96. The standard InChI is InChI=1S/C17H17N3O3/c1-22-11-16(21)18-17-14-9-13(7-8-15(14)19-20-17)23-10-12-5-3-2-4-6-12/h2-9H,10-11H2,1H3,(H2,18,19,20,21). The summed E-state index contributed by atoms with van der Waals surface area (Å²) in [5.74, 6) is 0.925. The fourth-order valence-electron chi connectivity index (χ4n) is 2.22. The second-order valence-electron chi connectivity index (χ2n) is 5.04. The Bertz CT molecular complexity index is 799. The Morgan fingerprint density at radius 2 is 2.04 bits per heavy atom. The van der Waals surface area contributed by atoms with Crippen molar-refractivity contribution in [1.82, 2.24) is 10.2 Å². The maximum atomic E-state index is 11.6. The van der Waals surface area contributed by atoms with Crippen LogP contribution in [-0.4, -0.2) is 29.8 Å². The molecule has 1 amide bonds. The molecular weight excluding hydrogens is 294 g/mol. The molecule has 6 heteroatoms. The van der Waals surface area contributed by atoms with E-state index in [0.717, 1.165) is 16.5 Å². The molecule has 2 N–H and O–H groups in total. The van der Waals surface area contributed by atoms with Crippen molar-refractivity contribution in [2.24, 2.45) is 0 Å². The van der Waals surface area contributed by atoms with E-state index in [9.17, 15) is 4.79 Å². The minimum Gasteiger partial charge on any atom is -0.489 e. The molecule has 6 nitrogen and oxygen atoms in total. The number of anilines is 1. The van der Waals surface area contributed by atoms with E-state index in [1.807, 2.05) is 48.5 Å². The zero-order valence-electron chi connectivity index (χ0n) is 12.7. The molecular formula is C17H17N3O3. The van der Waals surface area contributed by atoms with E-state index in [1.54, 1.807) is 0 Å². The third-order valence-corrected chi connectivity index (χ3v) is 3.32. The number of carbonyl (C=O) groups is 1. The molecule has 23 heavy (non-hydrogen) atoms. The normalized spacial score (nSPS) is 10.7. The van der Waals surface area contributed by atoms with Gasteiger partial charge in [-0.15, -0.1) is 0 Å². The lowest BCUT2D eigenvalue weighted by Crippen LogP contribution is -2.17. The van der Waals surface area contributed by atoms with Crippen molar-refractivity contribution in [3.8, 4) is 5.75 Å². The van der Waals surface area contributed by atoms with E-state index in [0.29, 0.717) is 18.2 Å².